The van der Waals surface area contributed by atoms with Gasteiger partial charge in [-0.25, -0.2) is 0 Å². The first-order chi connectivity index (χ1) is 13.8. The van der Waals surface area contributed by atoms with E-state index in [4.69, 9.17) is 6.42 Å². The van der Waals surface area contributed by atoms with Crippen molar-refractivity contribution in [3.63, 3.8) is 0 Å². The molecule has 0 aliphatic carbocycles. The molecular weight excluding hydrogens is 340 g/mol. The molecule has 0 bridgehead atoms. The predicted octanol–water partition coefficient (Wildman–Crippen LogP) is -0.184. The third-order valence-corrected chi connectivity index (χ3v) is 2.57. The van der Waals surface area contributed by atoms with Gasteiger partial charge in [-0.3, -0.25) is 4.90 Å². The highest BCUT2D eigenvalue weighted by Crippen LogP contribution is 1.98. The molecule has 0 N–H and O–H groups in total. The minimum Gasteiger partial charge on any atom is -0.317 e. The Labute approximate surface area is 167 Å². The Bertz CT molecular complexity index is 1270. The first kappa shape index (κ1) is 21.0. The van der Waals surface area contributed by atoms with Gasteiger partial charge in [-0.2, -0.15) is 0 Å². The minimum absolute atomic E-state index is 0.838. The average Bonchev–Trinajstić information content (AvgIpc) is 3.11. The zero-order valence-corrected chi connectivity index (χ0v) is 15.1. The summed E-state index contributed by atoms with van der Waals surface area (Å²) in [5.74, 6) is 50.1. The lowest BCUT2D eigenvalue weighted by atomic mass is 10.4. The highest BCUT2D eigenvalue weighted by atomic mass is 15.3. The molecule has 1 fully saturated rings. The molecule has 0 saturated carbocycles. The highest BCUT2D eigenvalue weighted by molar-refractivity contribution is 5.47. The summed E-state index contributed by atoms with van der Waals surface area (Å²) in [5.41, 5.74) is 0. The lowest BCUT2D eigenvalue weighted by molar-refractivity contribution is 0.351. The second kappa shape index (κ2) is 15.4. The van der Waals surface area contributed by atoms with Crippen LogP contribution >= 0.6 is 0 Å². The summed E-state index contributed by atoms with van der Waals surface area (Å²) in [7, 11) is 2.05. The van der Waals surface area contributed by atoms with Gasteiger partial charge in [0.25, 0.3) is 0 Å². The van der Waals surface area contributed by atoms with E-state index >= 15 is 0 Å². The van der Waals surface area contributed by atoms with E-state index in [0.717, 1.165) is 19.8 Å². The van der Waals surface area contributed by atoms with Crippen LogP contribution in [-0.2, 0) is 0 Å². The summed E-state index contributed by atoms with van der Waals surface area (Å²) in [5, 5.41) is 0. The Balaban J connectivity index is 2.37. The van der Waals surface area contributed by atoms with Gasteiger partial charge in [0.05, 0.1) is 6.67 Å². The second-order valence-corrected chi connectivity index (χ2v) is 4.62. The molecule has 28 heavy (non-hydrogen) atoms. The zero-order valence-electron chi connectivity index (χ0n) is 15.1. The van der Waals surface area contributed by atoms with Crippen molar-refractivity contribution in [3.05, 3.63) is 0 Å². The van der Waals surface area contributed by atoms with Crippen LogP contribution in [0.25, 0.3) is 0 Å². The fraction of sp³-hybridized carbons (Fsp3) is 0.154. The number of hydrogen-bond donors (Lipinski definition) is 0. The van der Waals surface area contributed by atoms with Crippen LogP contribution in [0.3, 0.4) is 0 Å². The van der Waals surface area contributed by atoms with Gasteiger partial charge < -0.3 is 4.90 Å². The van der Waals surface area contributed by atoms with Gasteiger partial charge in [0.2, 0.25) is 0 Å². The van der Waals surface area contributed by atoms with Crippen molar-refractivity contribution in [1.82, 2.24) is 9.80 Å². The van der Waals surface area contributed by atoms with Gasteiger partial charge in [-0.05, 0) is 54.4 Å². The molecule has 0 amide bonds. The van der Waals surface area contributed by atoms with Crippen LogP contribution in [0.2, 0.25) is 0 Å². The third kappa shape index (κ3) is 12.4. The fourth-order valence-corrected chi connectivity index (χ4v) is 1.49. The molecule has 0 spiro atoms. The molecule has 124 valence electrons. The van der Waals surface area contributed by atoms with E-state index in [2.05, 4.69) is 129 Å². The average molecular weight is 350 g/mol. The molecule has 0 aromatic heterocycles. The maximum atomic E-state index is 4.92. The van der Waals surface area contributed by atoms with E-state index in [1.807, 2.05) is 11.9 Å². The smallest absolute Gasteiger partial charge is 0.0782 e. The normalized spacial score (nSPS) is 8.93. The first-order valence-electron chi connectivity index (χ1n) is 7.72. The molecule has 2 heteroatoms. The predicted molar refractivity (Wildman–Crippen MR) is 111 cm³/mol. The zero-order chi connectivity index (χ0) is 20.1. The number of nitrogens with zero attached hydrogens (tertiary/aromatic N) is 2. The SMILES string of the molecule is C#CC#CC#CC#CC#CC#CC#CC#CC#CC#CC#CN1CCN(C)C1. The minimum atomic E-state index is 0.838. The lowest BCUT2D eigenvalue weighted by Crippen LogP contribution is -2.17. The Kier molecular flexibility index (Phi) is 11.6. The van der Waals surface area contributed by atoms with E-state index < -0.39 is 0 Å². The monoisotopic (exact) mass is 350 g/mol. The van der Waals surface area contributed by atoms with Crippen molar-refractivity contribution < 1.29 is 0 Å². The van der Waals surface area contributed by atoms with Crippen LogP contribution in [0.15, 0.2) is 0 Å². The van der Waals surface area contributed by atoms with Crippen LogP contribution in [-0.4, -0.2) is 36.6 Å². The molecule has 0 aromatic rings. The van der Waals surface area contributed by atoms with Crippen molar-refractivity contribution in [2.24, 2.45) is 0 Å². The van der Waals surface area contributed by atoms with Gasteiger partial charge in [0, 0.05) is 90.2 Å². The van der Waals surface area contributed by atoms with Gasteiger partial charge >= 0.3 is 0 Å². The molecule has 0 aromatic carbocycles. The molecule has 0 radical (unpaired) electrons. The van der Waals surface area contributed by atoms with Gasteiger partial charge in [-0.15, -0.1) is 6.42 Å². The van der Waals surface area contributed by atoms with E-state index in [0.29, 0.717) is 0 Å². The van der Waals surface area contributed by atoms with E-state index in [1.54, 1.807) is 0 Å². The molecule has 0 unspecified atom stereocenters. The largest absolute Gasteiger partial charge is 0.317 e. The van der Waals surface area contributed by atoms with Gasteiger partial charge in [0.1, 0.15) is 0 Å². The molecule has 1 rings (SSSR count). The molecule has 1 aliphatic heterocycles. The van der Waals surface area contributed by atoms with Gasteiger partial charge in [0.15, 0.2) is 0 Å². The van der Waals surface area contributed by atoms with Crippen molar-refractivity contribution in [3.8, 4) is 131 Å². The molecule has 1 heterocycles. The van der Waals surface area contributed by atoms with Crippen molar-refractivity contribution in [1.29, 1.82) is 0 Å². The number of hydrogen-bond acceptors (Lipinski definition) is 2. The Morgan fingerprint density at radius 2 is 0.857 bits per heavy atom. The summed E-state index contributed by atoms with van der Waals surface area (Å²) in [6.07, 6.45) is 4.92. The molecule has 1 saturated heterocycles. The van der Waals surface area contributed by atoms with Crippen LogP contribution in [0.1, 0.15) is 0 Å². The van der Waals surface area contributed by atoms with Crippen LogP contribution < -0.4 is 0 Å². The number of rotatable bonds is 0. The Hall–Kier alpha value is -5.08. The van der Waals surface area contributed by atoms with Crippen molar-refractivity contribution in [2.45, 2.75) is 0 Å². The summed E-state index contributed by atoms with van der Waals surface area (Å²) in [6.45, 7) is 2.79. The highest BCUT2D eigenvalue weighted by Gasteiger charge is 2.11. The lowest BCUT2D eigenvalue weighted by Gasteiger charge is -2.07. The topological polar surface area (TPSA) is 6.48 Å². The molecule has 2 nitrogen and oxygen atoms in total. The molecule has 0 atom stereocenters. The van der Waals surface area contributed by atoms with Gasteiger partial charge in [-0.1, -0.05) is 0 Å². The summed E-state index contributed by atoms with van der Waals surface area (Å²) in [4.78, 5) is 4.18. The molecular formula is C26H10N2. The Morgan fingerprint density at radius 1 is 0.500 bits per heavy atom. The quantitative estimate of drug-likeness (QED) is 0.559. The van der Waals surface area contributed by atoms with Crippen molar-refractivity contribution in [2.75, 3.05) is 26.8 Å². The fourth-order valence-electron chi connectivity index (χ4n) is 1.49. The standard InChI is InChI=1S/C26H10N2/c1-3-4-5-6-7-8-9-10-11-12-13-14-15-16-17-18-19-20-21-22-23-28-25-24-27(2)26-28/h1H,24-26H2,2H3. The maximum Gasteiger partial charge on any atom is 0.0782 e. The van der Waals surface area contributed by atoms with E-state index in [9.17, 15) is 0 Å². The van der Waals surface area contributed by atoms with Crippen LogP contribution in [0.5, 0.6) is 0 Å². The maximum absolute atomic E-state index is 4.92. The summed E-state index contributed by atoms with van der Waals surface area (Å²) >= 11 is 0. The van der Waals surface area contributed by atoms with Crippen LogP contribution in [0.4, 0.5) is 0 Å². The Morgan fingerprint density at radius 3 is 1.18 bits per heavy atom. The second-order valence-electron chi connectivity index (χ2n) is 4.62. The van der Waals surface area contributed by atoms with E-state index in [-0.39, 0.29) is 0 Å². The van der Waals surface area contributed by atoms with Crippen LogP contribution in [0, 0.1) is 131 Å². The van der Waals surface area contributed by atoms with Crippen molar-refractivity contribution >= 4 is 0 Å². The molecule has 1 aliphatic rings. The first-order valence-corrected chi connectivity index (χ1v) is 7.72. The number of likely N-dealkylation sites (N-methyl/N-ethyl adjacent to an activating group) is 1. The van der Waals surface area contributed by atoms with E-state index in [1.165, 1.54) is 0 Å². The summed E-state index contributed by atoms with van der Waals surface area (Å²) in [6, 6.07) is 2.96. The number of terminal acetylenes is 1. The summed E-state index contributed by atoms with van der Waals surface area (Å²) < 4.78 is 0. The third-order valence-electron chi connectivity index (χ3n) is 2.57.